The molecule has 38 heavy (non-hydrogen) atoms. The van der Waals surface area contributed by atoms with Gasteiger partial charge in [-0.05, 0) is 87.2 Å². The van der Waals surface area contributed by atoms with Gasteiger partial charge >= 0.3 is 6.11 Å². The van der Waals surface area contributed by atoms with Crippen LogP contribution in [0.2, 0.25) is 0 Å². The number of aryl methyl sites for hydroxylation is 1. The van der Waals surface area contributed by atoms with E-state index in [0.717, 1.165) is 32.1 Å². The molecule has 2 saturated carbocycles. The number of hydrogen-bond donors (Lipinski definition) is 0. The minimum absolute atomic E-state index is 0.0722. The highest BCUT2D eigenvalue weighted by Gasteiger charge is 2.45. The van der Waals surface area contributed by atoms with Gasteiger partial charge in [-0.1, -0.05) is 19.4 Å². The Hall–Kier alpha value is -2.45. The molecule has 0 atom stereocenters. The number of rotatable bonds is 9. The first-order valence-corrected chi connectivity index (χ1v) is 13.4. The fourth-order valence-corrected chi connectivity index (χ4v) is 5.94. The highest BCUT2D eigenvalue weighted by Crippen LogP contribution is 2.45. The molecule has 4 rings (SSSR count). The number of halogens is 7. The van der Waals surface area contributed by atoms with Crippen molar-refractivity contribution in [3.63, 3.8) is 0 Å². The molecule has 2 nitrogen and oxygen atoms in total. The zero-order chi connectivity index (χ0) is 27.4. The van der Waals surface area contributed by atoms with Gasteiger partial charge in [0.2, 0.25) is 5.82 Å². The molecule has 0 saturated heterocycles. The standard InChI is InChI=1S/C29H33F7O2/c1-2-3-20-10-13-25(28(34)26(20)32)37-16-17-4-6-18(7-5-17)19-8-11-21(12-9-19)29(35,36)38-22-14-23(30)27(33)24(31)15-22/h10,13-15,17-19,21H,2-9,11-12,16H2,1H3. The van der Waals surface area contributed by atoms with Gasteiger partial charge in [0.05, 0.1) is 12.5 Å². The number of hydrogen-bond acceptors (Lipinski definition) is 2. The van der Waals surface area contributed by atoms with Gasteiger partial charge in [0, 0.05) is 12.1 Å². The van der Waals surface area contributed by atoms with Crippen molar-refractivity contribution >= 4 is 0 Å². The maximum atomic E-state index is 14.7. The van der Waals surface area contributed by atoms with Crippen LogP contribution < -0.4 is 9.47 Å². The van der Waals surface area contributed by atoms with Gasteiger partial charge in [-0.3, -0.25) is 0 Å². The molecule has 0 bridgehead atoms. The topological polar surface area (TPSA) is 18.5 Å². The number of alkyl halides is 2. The Morgan fingerprint density at radius 2 is 1.34 bits per heavy atom. The lowest BCUT2D eigenvalue weighted by molar-refractivity contribution is -0.224. The lowest BCUT2D eigenvalue weighted by Crippen LogP contribution is -2.38. The fourth-order valence-electron chi connectivity index (χ4n) is 5.94. The van der Waals surface area contributed by atoms with E-state index in [1.54, 1.807) is 6.07 Å². The Morgan fingerprint density at radius 3 is 1.92 bits per heavy atom. The van der Waals surface area contributed by atoms with Crippen LogP contribution in [0.3, 0.4) is 0 Å². The first kappa shape index (κ1) is 28.6. The van der Waals surface area contributed by atoms with Gasteiger partial charge in [-0.15, -0.1) is 0 Å². The molecule has 0 unspecified atom stereocenters. The van der Waals surface area contributed by atoms with Crippen molar-refractivity contribution in [3.8, 4) is 11.5 Å². The SMILES string of the molecule is CCCc1ccc(OCC2CCC(C3CCC(C(F)(F)Oc4cc(F)c(F)c(F)c4)CC3)CC2)c(F)c1F. The summed E-state index contributed by atoms with van der Waals surface area (Å²) < 4.78 is 108. The Balaban J connectivity index is 1.22. The molecule has 0 aliphatic heterocycles. The van der Waals surface area contributed by atoms with Gasteiger partial charge < -0.3 is 9.47 Å². The summed E-state index contributed by atoms with van der Waals surface area (Å²) >= 11 is 0. The van der Waals surface area contributed by atoms with Crippen molar-refractivity contribution < 1.29 is 40.2 Å². The average molecular weight is 547 g/mol. The molecule has 2 aromatic carbocycles. The van der Waals surface area contributed by atoms with E-state index in [1.165, 1.54) is 6.07 Å². The Labute approximate surface area is 218 Å². The van der Waals surface area contributed by atoms with Crippen LogP contribution in [0.5, 0.6) is 11.5 Å². The van der Waals surface area contributed by atoms with Crippen molar-refractivity contribution in [3.05, 3.63) is 58.9 Å². The molecular formula is C29H33F7O2. The Bertz CT molecular complexity index is 1070. The van der Waals surface area contributed by atoms with Crippen molar-refractivity contribution in [1.29, 1.82) is 0 Å². The second-order valence-corrected chi connectivity index (χ2v) is 10.7. The first-order chi connectivity index (χ1) is 18.1. The Morgan fingerprint density at radius 1 is 0.763 bits per heavy atom. The third-order valence-corrected chi connectivity index (χ3v) is 8.14. The van der Waals surface area contributed by atoms with Crippen LogP contribution in [-0.4, -0.2) is 12.7 Å². The van der Waals surface area contributed by atoms with Crippen molar-refractivity contribution in [2.75, 3.05) is 6.61 Å². The van der Waals surface area contributed by atoms with Crippen LogP contribution >= 0.6 is 0 Å². The van der Waals surface area contributed by atoms with Crippen molar-refractivity contribution in [2.24, 2.45) is 23.7 Å². The van der Waals surface area contributed by atoms with E-state index >= 15 is 0 Å². The monoisotopic (exact) mass is 546 g/mol. The van der Waals surface area contributed by atoms with Crippen LogP contribution in [-0.2, 0) is 6.42 Å². The van der Waals surface area contributed by atoms with E-state index in [2.05, 4.69) is 4.74 Å². The second kappa shape index (κ2) is 12.2. The maximum Gasteiger partial charge on any atom is 0.400 e. The van der Waals surface area contributed by atoms with E-state index in [1.807, 2.05) is 6.92 Å². The summed E-state index contributed by atoms with van der Waals surface area (Å²) in [7, 11) is 0. The molecule has 2 aliphatic rings. The van der Waals surface area contributed by atoms with Gasteiger partial charge in [-0.2, -0.15) is 13.2 Å². The molecule has 2 aliphatic carbocycles. The van der Waals surface area contributed by atoms with Crippen molar-refractivity contribution in [2.45, 2.75) is 77.2 Å². The molecule has 2 aromatic rings. The van der Waals surface area contributed by atoms with Crippen LogP contribution in [0.25, 0.3) is 0 Å². The molecule has 0 spiro atoms. The molecule has 9 heteroatoms. The summed E-state index contributed by atoms with van der Waals surface area (Å²) in [5, 5.41) is 0. The number of ether oxygens (including phenoxy) is 2. The van der Waals surface area contributed by atoms with E-state index in [9.17, 15) is 30.7 Å². The van der Waals surface area contributed by atoms with E-state index in [4.69, 9.17) is 4.74 Å². The predicted molar refractivity (Wildman–Crippen MR) is 129 cm³/mol. The van der Waals surface area contributed by atoms with Gasteiger partial charge in [0.25, 0.3) is 0 Å². The quantitative estimate of drug-likeness (QED) is 0.231. The van der Waals surface area contributed by atoms with E-state index in [-0.39, 0.29) is 24.5 Å². The summed E-state index contributed by atoms with van der Waals surface area (Å²) in [4.78, 5) is 0. The van der Waals surface area contributed by atoms with E-state index in [0.29, 0.717) is 55.4 Å². The predicted octanol–water partition coefficient (Wildman–Crippen LogP) is 9.00. The summed E-state index contributed by atoms with van der Waals surface area (Å²) in [6, 6.07) is 3.89. The molecule has 0 amide bonds. The van der Waals surface area contributed by atoms with Crippen LogP contribution in [0, 0.1) is 52.8 Å². The van der Waals surface area contributed by atoms with E-state index < -0.39 is 46.9 Å². The highest BCUT2D eigenvalue weighted by atomic mass is 19.3. The zero-order valence-corrected chi connectivity index (χ0v) is 21.4. The Kier molecular flexibility index (Phi) is 9.14. The largest absolute Gasteiger partial charge is 0.490 e. The van der Waals surface area contributed by atoms with Crippen molar-refractivity contribution in [1.82, 2.24) is 0 Å². The second-order valence-electron chi connectivity index (χ2n) is 10.7. The average Bonchev–Trinajstić information content (AvgIpc) is 2.90. The molecule has 2 fully saturated rings. The highest BCUT2D eigenvalue weighted by molar-refractivity contribution is 5.31. The smallest absolute Gasteiger partial charge is 0.400 e. The summed E-state index contributed by atoms with van der Waals surface area (Å²) in [6.45, 7) is 2.20. The normalized spacial score (nSPS) is 24.3. The molecule has 210 valence electrons. The minimum Gasteiger partial charge on any atom is -0.490 e. The third-order valence-electron chi connectivity index (χ3n) is 8.14. The molecule has 0 N–H and O–H groups in total. The lowest BCUT2D eigenvalue weighted by Gasteiger charge is -2.39. The first-order valence-electron chi connectivity index (χ1n) is 13.4. The molecular weight excluding hydrogens is 513 g/mol. The van der Waals surface area contributed by atoms with Gasteiger partial charge in [0.15, 0.2) is 29.0 Å². The van der Waals surface area contributed by atoms with Crippen LogP contribution in [0.4, 0.5) is 30.7 Å². The number of benzene rings is 2. The van der Waals surface area contributed by atoms with Crippen LogP contribution in [0.1, 0.15) is 70.3 Å². The third kappa shape index (κ3) is 6.57. The van der Waals surface area contributed by atoms with Gasteiger partial charge in [-0.25, -0.2) is 17.6 Å². The molecule has 0 aromatic heterocycles. The summed E-state index contributed by atoms with van der Waals surface area (Å²) in [5.74, 6) is -7.70. The minimum atomic E-state index is -3.62. The van der Waals surface area contributed by atoms with Gasteiger partial charge in [0.1, 0.15) is 5.75 Å². The van der Waals surface area contributed by atoms with Crippen LogP contribution in [0.15, 0.2) is 24.3 Å². The molecule has 0 heterocycles. The lowest BCUT2D eigenvalue weighted by atomic mass is 9.69. The maximum absolute atomic E-state index is 14.7. The summed E-state index contributed by atoms with van der Waals surface area (Å²) in [5.41, 5.74) is 0.343. The summed E-state index contributed by atoms with van der Waals surface area (Å²) in [6.07, 6.45) is 2.73. The fraction of sp³-hybridized carbons (Fsp3) is 0.586. The zero-order valence-electron chi connectivity index (χ0n) is 21.4. The molecule has 0 radical (unpaired) electrons.